The Morgan fingerprint density at radius 3 is 2.29 bits per heavy atom. The number of amides is 2. The summed E-state index contributed by atoms with van der Waals surface area (Å²) in [5, 5.41) is 2.28. The van der Waals surface area contributed by atoms with Gasteiger partial charge in [-0.25, -0.2) is 0 Å². The number of carbonyl (C=O) groups excluding carboxylic acids is 2. The first-order valence-electron chi connectivity index (χ1n) is 4.67. The lowest BCUT2D eigenvalue weighted by atomic mass is 9.89. The molecule has 2 fully saturated rings. The third-order valence-electron chi connectivity index (χ3n) is 2.87. The molecule has 14 heavy (non-hydrogen) atoms. The highest BCUT2D eigenvalue weighted by Gasteiger charge is 2.53. The second-order valence-corrected chi connectivity index (χ2v) is 3.83. The Labute approximate surface area is 81.7 Å². The maximum absolute atomic E-state index is 11.5. The summed E-state index contributed by atoms with van der Waals surface area (Å²) in [6.07, 6.45) is 0. The zero-order valence-electron chi connectivity index (χ0n) is 8.20. The number of imide groups is 1. The van der Waals surface area contributed by atoms with Gasteiger partial charge in [-0.05, 0) is 6.92 Å². The van der Waals surface area contributed by atoms with Crippen molar-refractivity contribution < 1.29 is 19.1 Å². The monoisotopic (exact) mass is 199 g/mol. The zero-order chi connectivity index (χ0) is 10.3. The van der Waals surface area contributed by atoms with E-state index in [-0.39, 0.29) is 17.7 Å². The predicted molar refractivity (Wildman–Crippen MR) is 46.1 cm³/mol. The summed E-state index contributed by atoms with van der Waals surface area (Å²) in [5.74, 6) is -2.40. The SMILES string of the molecule is C[C@@H]1C(=O)NC(=O)[C@H]1C1(C)OCCO1. The van der Waals surface area contributed by atoms with Gasteiger partial charge in [0.1, 0.15) is 5.92 Å². The summed E-state index contributed by atoms with van der Waals surface area (Å²) in [4.78, 5) is 22.7. The smallest absolute Gasteiger partial charge is 0.235 e. The fraction of sp³-hybridized carbons (Fsp3) is 0.778. The molecular formula is C9H13NO4. The first kappa shape index (κ1) is 9.61. The van der Waals surface area contributed by atoms with Gasteiger partial charge >= 0.3 is 0 Å². The van der Waals surface area contributed by atoms with Crippen LogP contribution in [0.2, 0.25) is 0 Å². The van der Waals surface area contributed by atoms with Gasteiger partial charge in [0.15, 0.2) is 5.79 Å². The lowest BCUT2D eigenvalue weighted by Gasteiger charge is -2.28. The van der Waals surface area contributed by atoms with E-state index < -0.39 is 11.7 Å². The molecule has 0 aliphatic carbocycles. The van der Waals surface area contributed by atoms with Crippen LogP contribution in [0.4, 0.5) is 0 Å². The molecule has 0 unspecified atom stereocenters. The molecule has 0 radical (unpaired) electrons. The van der Waals surface area contributed by atoms with Crippen LogP contribution in [0, 0.1) is 11.8 Å². The van der Waals surface area contributed by atoms with Crippen LogP contribution in [-0.4, -0.2) is 30.8 Å². The third kappa shape index (κ3) is 1.24. The van der Waals surface area contributed by atoms with Gasteiger partial charge in [0.2, 0.25) is 11.8 Å². The average Bonchev–Trinajstić information content (AvgIpc) is 2.60. The Hall–Kier alpha value is -0.940. The molecule has 2 saturated heterocycles. The number of nitrogens with one attached hydrogen (secondary N) is 1. The molecule has 0 bridgehead atoms. The van der Waals surface area contributed by atoms with E-state index in [2.05, 4.69) is 5.32 Å². The Morgan fingerprint density at radius 1 is 1.29 bits per heavy atom. The van der Waals surface area contributed by atoms with Crippen molar-refractivity contribution in [3.63, 3.8) is 0 Å². The minimum Gasteiger partial charge on any atom is -0.347 e. The number of carbonyl (C=O) groups is 2. The molecule has 0 aromatic rings. The Kier molecular flexibility index (Phi) is 2.08. The first-order chi connectivity index (χ1) is 6.54. The van der Waals surface area contributed by atoms with Gasteiger partial charge in [-0.15, -0.1) is 0 Å². The van der Waals surface area contributed by atoms with Crippen LogP contribution in [0.25, 0.3) is 0 Å². The van der Waals surface area contributed by atoms with E-state index in [1.807, 2.05) is 0 Å². The first-order valence-corrected chi connectivity index (χ1v) is 4.67. The fourth-order valence-electron chi connectivity index (χ4n) is 2.09. The minimum atomic E-state index is -0.935. The molecule has 5 nitrogen and oxygen atoms in total. The molecule has 1 N–H and O–H groups in total. The second kappa shape index (κ2) is 3.03. The molecule has 0 aromatic heterocycles. The van der Waals surface area contributed by atoms with Crippen molar-refractivity contribution in [2.45, 2.75) is 19.6 Å². The van der Waals surface area contributed by atoms with Crippen molar-refractivity contribution in [3.8, 4) is 0 Å². The Balaban J connectivity index is 2.24. The molecule has 0 spiro atoms. The van der Waals surface area contributed by atoms with E-state index in [4.69, 9.17) is 9.47 Å². The summed E-state index contributed by atoms with van der Waals surface area (Å²) in [5.41, 5.74) is 0. The van der Waals surface area contributed by atoms with Crippen molar-refractivity contribution in [3.05, 3.63) is 0 Å². The van der Waals surface area contributed by atoms with Crippen LogP contribution in [0.15, 0.2) is 0 Å². The van der Waals surface area contributed by atoms with E-state index in [1.165, 1.54) is 0 Å². The van der Waals surface area contributed by atoms with Gasteiger partial charge in [0.05, 0.1) is 19.1 Å². The lowest BCUT2D eigenvalue weighted by Crippen LogP contribution is -2.42. The van der Waals surface area contributed by atoms with Crippen molar-refractivity contribution in [2.24, 2.45) is 11.8 Å². The van der Waals surface area contributed by atoms with Gasteiger partial charge < -0.3 is 9.47 Å². The highest BCUT2D eigenvalue weighted by Crippen LogP contribution is 2.35. The summed E-state index contributed by atoms with van der Waals surface area (Å²) < 4.78 is 10.8. The quantitative estimate of drug-likeness (QED) is 0.587. The molecule has 2 aliphatic rings. The van der Waals surface area contributed by atoms with Gasteiger partial charge in [0, 0.05) is 0 Å². The van der Waals surface area contributed by atoms with Crippen molar-refractivity contribution in [2.75, 3.05) is 13.2 Å². The molecule has 78 valence electrons. The molecule has 0 aromatic carbocycles. The average molecular weight is 199 g/mol. The number of ether oxygens (including phenoxy) is 2. The topological polar surface area (TPSA) is 64.6 Å². The molecule has 2 rings (SSSR count). The van der Waals surface area contributed by atoms with Gasteiger partial charge in [-0.2, -0.15) is 0 Å². The van der Waals surface area contributed by atoms with Crippen LogP contribution in [-0.2, 0) is 19.1 Å². The van der Waals surface area contributed by atoms with Crippen LogP contribution in [0.1, 0.15) is 13.8 Å². The van der Waals surface area contributed by atoms with Crippen LogP contribution >= 0.6 is 0 Å². The summed E-state index contributed by atoms with van der Waals surface area (Å²) in [6, 6.07) is 0. The molecule has 2 aliphatic heterocycles. The van der Waals surface area contributed by atoms with E-state index >= 15 is 0 Å². The number of hydrogen-bond donors (Lipinski definition) is 1. The van der Waals surface area contributed by atoms with E-state index in [9.17, 15) is 9.59 Å². The van der Waals surface area contributed by atoms with E-state index in [0.29, 0.717) is 13.2 Å². The van der Waals surface area contributed by atoms with E-state index in [1.54, 1.807) is 13.8 Å². The number of rotatable bonds is 1. The van der Waals surface area contributed by atoms with Gasteiger partial charge in [-0.3, -0.25) is 14.9 Å². The van der Waals surface area contributed by atoms with Crippen molar-refractivity contribution in [1.29, 1.82) is 0 Å². The summed E-state index contributed by atoms with van der Waals surface area (Å²) in [7, 11) is 0. The summed E-state index contributed by atoms with van der Waals surface area (Å²) >= 11 is 0. The Bertz CT molecular complexity index is 283. The van der Waals surface area contributed by atoms with Crippen molar-refractivity contribution >= 4 is 11.8 Å². The second-order valence-electron chi connectivity index (χ2n) is 3.83. The predicted octanol–water partition coefficient (Wildman–Crippen LogP) is -0.342. The minimum absolute atomic E-state index is 0.250. The fourth-order valence-corrected chi connectivity index (χ4v) is 2.09. The normalized spacial score (nSPS) is 36.1. The van der Waals surface area contributed by atoms with Gasteiger partial charge in [-0.1, -0.05) is 6.92 Å². The highest BCUT2D eigenvalue weighted by molar-refractivity contribution is 6.05. The van der Waals surface area contributed by atoms with Crippen LogP contribution in [0.5, 0.6) is 0 Å². The van der Waals surface area contributed by atoms with Crippen LogP contribution in [0.3, 0.4) is 0 Å². The number of hydrogen-bond acceptors (Lipinski definition) is 4. The maximum atomic E-state index is 11.5. The molecule has 5 heteroatoms. The van der Waals surface area contributed by atoms with E-state index in [0.717, 1.165) is 0 Å². The van der Waals surface area contributed by atoms with Crippen LogP contribution < -0.4 is 5.32 Å². The standard InChI is InChI=1S/C9H13NO4/c1-5-6(8(12)10-7(5)11)9(2)13-3-4-14-9/h5-6H,3-4H2,1-2H3,(H,10,11,12)/t5-,6-/m0/s1. The summed E-state index contributed by atoms with van der Waals surface area (Å²) in [6.45, 7) is 4.36. The van der Waals surface area contributed by atoms with Crippen molar-refractivity contribution in [1.82, 2.24) is 5.32 Å². The zero-order valence-corrected chi connectivity index (χ0v) is 8.20. The molecular weight excluding hydrogens is 186 g/mol. The Morgan fingerprint density at radius 2 is 1.86 bits per heavy atom. The maximum Gasteiger partial charge on any atom is 0.235 e. The molecule has 0 saturated carbocycles. The highest BCUT2D eigenvalue weighted by atomic mass is 16.7. The lowest BCUT2D eigenvalue weighted by molar-refractivity contribution is -0.190. The van der Waals surface area contributed by atoms with Gasteiger partial charge in [0.25, 0.3) is 0 Å². The molecule has 2 amide bonds. The third-order valence-corrected chi connectivity index (χ3v) is 2.87. The largest absolute Gasteiger partial charge is 0.347 e. The molecule has 2 atom stereocenters. The molecule has 2 heterocycles.